The Labute approximate surface area is 157 Å². The van der Waals surface area contributed by atoms with Gasteiger partial charge in [-0.3, -0.25) is 14.4 Å². The Balaban J connectivity index is 5.51. The summed E-state index contributed by atoms with van der Waals surface area (Å²) in [6.45, 7) is 5.63. The number of rotatable bonds is 11. The lowest BCUT2D eigenvalue weighted by Gasteiger charge is -2.36. The molecule has 2 atom stereocenters. The molecule has 0 radical (unpaired) electrons. The summed E-state index contributed by atoms with van der Waals surface area (Å²) in [6, 6.07) is -1.64. The smallest absolute Gasteiger partial charge is 0.245 e. The first-order chi connectivity index (χ1) is 11.8. The maximum atomic E-state index is 13.1. The Kier molecular flexibility index (Phi) is 9.80. The average Bonchev–Trinajstić information content (AvgIpc) is 2.50. The molecule has 0 aromatic carbocycles. The Bertz CT molecular complexity index is 488. The highest BCUT2D eigenvalue weighted by Gasteiger charge is 2.36. The van der Waals surface area contributed by atoms with Gasteiger partial charge in [-0.05, 0) is 47.3 Å². The fourth-order valence-corrected chi connectivity index (χ4v) is 2.72. The molecule has 0 aromatic rings. The molecule has 8 nitrogen and oxygen atoms in total. The van der Waals surface area contributed by atoms with Gasteiger partial charge in [0.25, 0.3) is 0 Å². The lowest BCUT2D eigenvalue weighted by molar-refractivity contribution is -0.148. The first kappa shape index (κ1) is 24.3. The summed E-state index contributed by atoms with van der Waals surface area (Å²) >= 11 is 0. The van der Waals surface area contributed by atoms with E-state index < -0.39 is 23.6 Å². The molecular weight excluding hydrogens is 336 g/mol. The lowest BCUT2D eigenvalue weighted by atomic mass is 9.97. The molecule has 0 fully saturated rings. The maximum absolute atomic E-state index is 13.1. The molecule has 0 bridgehead atoms. The third kappa shape index (κ3) is 8.14. The SMILES string of the molecule is CCCC(=O)N(C)[C@H](CCN(C)C)C(=O)N(C)[C@@H](CC(C)(C)O)C(N)=O. The molecule has 3 N–H and O–H groups in total. The number of aliphatic hydroxyl groups is 1. The van der Waals surface area contributed by atoms with E-state index in [1.807, 2.05) is 25.9 Å². The predicted molar refractivity (Wildman–Crippen MR) is 101 cm³/mol. The molecule has 0 aliphatic heterocycles. The van der Waals surface area contributed by atoms with Gasteiger partial charge in [0.05, 0.1) is 5.60 Å². The molecule has 0 spiro atoms. The van der Waals surface area contributed by atoms with Gasteiger partial charge in [-0.25, -0.2) is 0 Å². The zero-order chi connectivity index (χ0) is 20.7. The van der Waals surface area contributed by atoms with E-state index in [2.05, 4.69) is 0 Å². The average molecular weight is 373 g/mol. The van der Waals surface area contributed by atoms with Crippen molar-refractivity contribution in [2.24, 2.45) is 5.73 Å². The molecule has 0 aromatic heterocycles. The van der Waals surface area contributed by atoms with Crippen molar-refractivity contribution in [2.75, 3.05) is 34.7 Å². The van der Waals surface area contributed by atoms with Gasteiger partial charge in [0, 0.05) is 26.9 Å². The molecule has 3 amide bonds. The summed E-state index contributed by atoms with van der Waals surface area (Å²) in [5, 5.41) is 10.0. The molecule has 0 saturated heterocycles. The van der Waals surface area contributed by atoms with Crippen molar-refractivity contribution in [3.63, 3.8) is 0 Å². The van der Waals surface area contributed by atoms with Crippen LogP contribution in [0.4, 0.5) is 0 Å². The first-order valence-corrected chi connectivity index (χ1v) is 9.00. The highest BCUT2D eigenvalue weighted by Crippen LogP contribution is 2.18. The number of primary amides is 1. The second kappa shape index (κ2) is 10.5. The number of carbonyl (C=O) groups is 3. The minimum Gasteiger partial charge on any atom is -0.390 e. The minimum atomic E-state index is -1.16. The van der Waals surface area contributed by atoms with Crippen LogP contribution in [0.2, 0.25) is 0 Å². The number of nitrogens with two attached hydrogens (primary N) is 1. The van der Waals surface area contributed by atoms with Gasteiger partial charge in [-0.15, -0.1) is 0 Å². The third-order valence-electron chi connectivity index (χ3n) is 4.30. The van der Waals surface area contributed by atoms with E-state index in [-0.39, 0.29) is 18.2 Å². The summed E-state index contributed by atoms with van der Waals surface area (Å²) in [5.41, 5.74) is 4.30. The lowest BCUT2D eigenvalue weighted by Crippen LogP contribution is -2.55. The normalized spacial score (nSPS) is 14.0. The van der Waals surface area contributed by atoms with Crippen LogP contribution in [0.3, 0.4) is 0 Å². The highest BCUT2D eigenvalue weighted by molar-refractivity contribution is 5.91. The van der Waals surface area contributed by atoms with Crippen molar-refractivity contribution in [1.29, 1.82) is 0 Å². The van der Waals surface area contributed by atoms with Crippen molar-refractivity contribution >= 4 is 17.7 Å². The van der Waals surface area contributed by atoms with Crippen LogP contribution in [-0.4, -0.2) is 89.9 Å². The Morgan fingerprint density at radius 1 is 1.04 bits per heavy atom. The van der Waals surface area contributed by atoms with Gasteiger partial charge in [0.2, 0.25) is 17.7 Å². The molecule has 0 unspecified atom stereocenters. The van der Waals surface area contributed by atoms with Crippen LogP contribution in [-0.2, 0) is 14.4 Å². The van der Waals surface area contributed by atoms with Crippen LogP contribution in [0, 0.1) is 0 Å². The number of nitrogens with zero attached hydrogens (tertiary/aromatic N) is 3. The third-order valence-corrected chi connectivity index (χ3v) is 4.30. The van der Waals surface area contributed by atoms with E-state index in [9.17, 15) is 19.5 Å². The number of carbonyl (C=O) groups excluding carboxylic acids is 3. The van der Waals surface area contributed by atoms with Gasteiger partial charge < -0.3 is 25.5 Å². The van der Waals surface area contributed by atoms with E-state index in [0.29, 0.717) is 25.8 Å². The van der Waals surface area contributed by atoms with E-state index in [4.69, 9.17) is 5.73 Å². The molecule has 8 heteroatoms. The number of amides is 3. The molecule has 0 rings (SSSR count). The monoisotopic (exact) mass is 372 g/mol. The molecular formula is C18H36N4O4. The van der Waals surface area contributed by atoms with Crippen molar-refractivity contribution < 1.29 is 19.5 Å². The molecule has 152 valence electrons. The summed E-state index contributed by atoms with van der Waals surface area (Å²) in [5.74, 6) is -1.15. The summed E-state index contributed by atoms with van der Waals surface area (Å²) < 4.78 is 0. The van der Waals surface area contributed by atoms with Gasteiger partial charge in [0.15, 0.2) is 0 Å². The molecule has 0 aliphatic rings. The summed E-state index contributed by atoms with van der Waals surface area (Å²) in [4.78, 5) is 41.9. The zero-order valence-electron chi connectivity index (χ0n) is 17.3. The fraction of sp³-hybridized carbons (Fsp3) is 0.833. The fourth-order valence-electron chi connectivity index (χ4n) is 2.72. The van der Waals surface area contributed by atoms with Crippen LogP contribution in [0.5, 0.6) is 0 Å². The zero-order valence-corrected chi connectivity index (χ0v) is 17.3. The molecule has 0 aliphatic carbocycles. The van der Waals surface area contributed by atoms with Crippen molar-refractivity contribution in [2.45, 2.75) is 64.1 Å². The van der Waals surface area contributed by atoms with Crippen molar-refractivity contribution in [1.82, 2.24) is 14.7 Å². The standard InChI is InChI=1S/C18H36N4O4/c1-8-9-15(23)21(6)13(10-11-20(4)5)17(25)22(7)14(16(19)24)12-18(2,3)26/h13-14,26H,8-12H2,1-7H3,(H2,19,24)/t13-,14+/m1/s1. The number of hydrogen-bond donors (Lipinski definition) is 2. The summed E-state index contributed by atoms with van der Waals surface area (Å²) in [6.07, 6.45) is 1.51. The van der Waals surface area contributed by atoms with Crippen LogP contribution in [0.15, 0.2) is 0 Å². The van der Waals surface area contributed by atoms with Crippen molar-refractivity contribution in [3.05, 3.63) is 0 Å². The molecule has 26 heavy (non-hydrogen) atoms. The van der Waals surface area contributed by atoms with Crippen LogP contribution in [0.25, 0.3) is 0 Å². The van der Waals surface area contributed by atoms with Crippen LogP contribution < -0.4 is 5.73 Å². The van der Waals surface area contributed by atoms with E-state index in [1.54, 1.807) is 20.9 Å². The van der Waals surface area contributed by atoms with E-state index in [1.165, 1.54) is 16.8 Å². The minimum absolute atomic E-state index is 0.0254. The Hall–Kier alpha value is -1.67. The van der Waals surface area contributed by atoms with Crippen molar-refractivity contribution in [3.8, 4) is 0 Å². The second-order valence-electron chi connectivity index (χ2n) is 7.75. The van der Waals surface area contributed by atoms with Crippen LogP contribution in [0.1, 0.15) is 46.5 Å². The van der Waals surface area contributed by atoms with Gasteiger partial charge >= 0.3 is 0 Å². The van der Waals surface area contributed by atoms with Gasteiger partial charge in [-0.1, -0.05) is 6.92 Å². The Morgan fingerprint density at radius 2 is 1.58 bits per heavy atom. The van der Waals surface area contributed by atoms with Gasteiger partial charge in [0.1, 0.15) is 12.1 Å². The quantitative estimate of drug-likeness (QED) is 0.532. The molecule has 0 saturated carbocycles. The maximum Gasteiger partial charge on any atom is 0.245 e. The summed E-state index contributed by atoms with van der Waals surface area (Å²) in [7, 11) is 6.88. The van der Waals surface area contributed by atoms with Crippen LogP contribution >= 0.6 is 0 Å². The molecule has 0 heterocycles. The van der Waals surface area contributed by atoms with E-state index >= 15 is 0 Å². The predicted octanol–water partition coefficient (Wildman–Crippen LogP) is 0.0385. The number of likely N-dealkylation sites (N-methyl/N-ethyl adjacent to an activating group) is 2. The number of hydrogen-bond acceptors (Lipinski definition) is 5. The van der Waals surface area contributed by atoms with E-state index in [0.717, 1.165) is 0 Å². The van der Waals surface area contributed by atoms with Gasteiger partial charge in [-0.2, -0.15) is 0 Å². The second-order valence-corrected chi connectivity index (χ2v) is 7.75. The highest BCUT2D eigenvalue weighted by atomic mass is 16.3. The first-order valence-electron chi connectivity index (χ1n) is 9.00. The topological polar surface area (TPSA) is 107 Å². The largest absolute Gasteiger partial charge is 0.390 e. The Morgan fingerprint density at radius 3 is 1.96 bits per heavy atom.